The van der Waals surface area contributed by atoms with Gasteiger partial charge >= 0.3 is 0 Å². The van der Waals surface area contributed by atoms with E-state index in [1.165, 1.54) is 0 Å². The van der Waals surface area contributed by atoms with Gasteiger partial charge in [-0.05, 0) is 13.8 Å². The van der Waals surface area contributed by atoms with Crippen molar-refractivity contribution < 1.29 is 9.59 Å². The smallest absolute Gasteiger partial charge is 0.290 e. The maximum atomic E-state index is 12.0. The molecule has 2 amide bonds. The highest BCUT2D eigenvalue weighted by molar-refractivity contribution is 5.91. The van der Waals surface area contributed by atoms with Crippen LogP contribution in [0.3, 0.4) is 0 Å². The molecule has 0 fully saturated rings. The van der Waals surface area contributed by atoms with Gasteiger partial charge in [0.2, 0.25) is 11.7 Å². The van der Waals surface area contributed by atoms with E-state index in [2.05, 4.69) is 25.8 Å². The Labute approximate surface area is 118 Å². The third kappa shape index (κ3) is 3.79. The van der Waals surface area contributed by atoms with Crippen molar-refractivity contribution in [2.24, 2.45) is 5.41 Å². The van der Waals surface area contributed by atoms with E-state index in [-0.39, 0.29) is 23.7 Å². The largest absolute Gasteiger partial charge is 0.359 e. The second-order valence-corrected chi connectivity index (χ2v) is 6.40. The van der Waals surface area contributed by atoms with E-state index < -0.39 is 11.3 Å². The van der Waals surface area contributed by atoms with E-state index in [1.54, 1.807) is 20.9 Å². The summed E-state index contributed by atoms with van der Waals surface area (Å²) >= 11 is 0. The summed E-state index contributed by atoms with van der Waals surface area (Å²) in [7, 11) is 1.57. The first-order valence-electron chi connectivity index (χ1n) is 6.51. The van der Waals surface area contributed by atoms with Gasteiger partial charge in [0, 0.05) is 19.0 Å². The third-order valence-electron chi connectivity index (χ3n) is 2.93. The minimum atomic E-state index is -0.687. The van der Waals surface area contributed by atoms with Crippen LogP contribution in [0.25, 0.3) is 0 Å². The molecule has 0 saturated carbocycles. The van der Waals surface area contributed by atoms with Gasteiger partial charge in [-0.1, -0.05) is 20.8 Å². The van der Waals surface area contributed by atoms with Gasteiger partial charge in [-0.3, -0.25) is 14.7 Å². The molecule has 1 aromatic heterocycles. The average Bonchev–Trinajstić information content (AvgIpc) is 2.84. The third-order valence-corrected chi connectivity index (χ3v) is 2.93. The Morgan fingerprint density at radius 2 is 1.80 bits per heavy atom. The molecule has 0 saturated heterocycles. The van der Waals surface area contributed by atoms with Crippen LogP contribution in [-0.4, -0.2) is 40.6 Å². The van der Waals surface area contributed by atoms with Gasteiger partial charge in [-0.2, -0.15) is 0 Å². The quantitative estimate of drug-likeness (QED) is 0.752. The molecule has 7 heteroatoms. The van der Waals surface area contributed by atoms with Gasteiger partial charge in [0.1, 0.15) is 5.82 Å². The number of nitrogens with one attached hydrogen (secondary N) is 3. The van der Waals surface area contributed by atoms with Crippen LogP contribution in [0.4, 0.5) is 0 Å². The molecule has 0 aliphatic rings. The Bertz CT molecular complexity index is 499. The van der Waals surface area contributed by atoms with E-state index in [4.69, 9.17) is 0 Å². The number of amides is 2. The fourth-order valence-electron chi connectivity index (χ4n) is 1.50. The van der Waals surface area contributed by atoms with Crippen LogP contribution in [0.15, 0.2) is 0 Å². The zero-order chi connectivity index (χ0) is 15.6. The molecular formula is C13H23N5O2. The van der Waals surface area contributed by atoms with Crippen molar-refractivity contribution in [3.05, 3.63) is 11.6 Å². The number of nitrogens with zero attached hydrogens (tertiary/aromatic N) is 2. The lowest BCUT2D eigenvalue weighted by Gasteiger charge is -2.22. The molecule has 0 spiro atoms. The minimum absolute atomic E-state index is 0.0858. The van der Waals surface area contributed by atoms with Crippen LogP contribution in [0.1, 0.15) is 51.1 Å². The second kappa shape index (κ2) is 5.60. The molecule has 7 nitrogen and oxygen atoms in total. The first-order chi connectivity index (χ1) is 9.08. The lowest BCUT2D eigenvalue weighted by Crippen LogP contribution is -2.43. The number of hydrogen-bond acceptors (Lipinski definition) is 4. The van der Waals surface area contributed by atoms with Crippen LogP contribution >= 0.6 is 0 Å². The van der Waals surface area contributed by atoms with E-state index in [9.17, 15) is 9.59 Å². The summed E-state index contributed by atoms with van der Waals surface area (Å²) in [4.78, 5) is 27.7. The summed E-state index contributed by atoms with van der Waals surface area (Å²) in [6.45, 7) is 9.65. The van der Waals surface area contributed by atoms with Crippen LogP contribution in [-0.2, 0) is 10.2 Å². The lowest BCUT2D eigenvalue weighted by molar-refractivity contribution is -0.128. The highest BCUT2D eigenvalue weighted by atomic mass is 16.2. The van der Waals surface area contributed by atoms with E-state index >= 15 is 0 Å². The summed E-state index contributed by atoms with van der Waals surface area (Å²) in [6.07, 6.45) is 0. The molecule has 0 aliphatic heterocycles. The van der Waals surface area contributed by atoms with E-state index in [0.717, 1.165) is 0 Å². The molecule has 1 rings (SSSR count). The Morgan fingerprint density at radius 3 is 2.25 bits per heavy atom. The maximum absolute atomic E-state index is 12.0. The molecule has 1 aromatic rings. The first kappa shape index (κ1) is 16.1. The number of aromatic nitrogens is 3. The predicted octanol–water partition coefficient (Wildman–Crippen LogP) is 0.604. The van der Waals surface area contributed by atoms with Crippen LogP contribution in [0.5, 0.6) is 0 Å². The maximum Gasteiger partial charge on any atom is 0.290 e. The van der Waals surface area contributed by atoms with Gasteiger partial charge in [0.05, 0.1) is 5.41 Å². The van der Waals surface area contributed by atoms with Crippen LogP contribution in [0.2, 0.25) is 0 Å². The van der Waals surface area contributed by atoms with E-state index in [1.807, 2.05) is 20.8 Å². The molecule has 0 aliphatic carbocycles. The van der Waals surface area contributed by atoms with Crippen LogP contribution < -0.4 is 10.6 Å². The number of carbonyl (C=O) groups is 2. The van der Waals surface area contributed by atoms with Gasteiger partial charge in [0.15, 0.2) is 0 Å². The Morgan fingerprint density at radius 1 is 1.20 bits per heavy atom. The van der Waals surface area contributed by atoms with Gasteiger partial charge in [-0.25, -0.2) is 4.98 Å². The Kier molecular flexibility index (Phi) is 4.52. The van der Waals surface area contributed by atoms with Crippen LogP contribution in [0, 0.1) is 5.41 Å². The summed E-state index contributed by atoms with van der Waals surface area (Å²) < 4.78 is 0. The number of aromatic amines is 1. The van der Waals surface area contributed by atoms with Crippen molar-refractivity contribution in [3.8, 4) is 0 Å². The SMILES string of the molecule is CNC(=O)C(C)(C)CNC(=O)c1n[nH]c(C(C)(C)C)n1. The molecule has 0 unspecified atom stereocenters. The van der Waals surface area contributed by atoms with Gasteiger partial charge in [0.25, 0.3) is 5.91 Å². The zero-order valence-electron chi connectivity index (χ0n) is 12.9. The molecule has 3 N–H and O–H groups in total. The summed E-state index contributed by atoms with van der Waals surface area (Å²) in [5.74, 6) is 0.202. The normalized spacial score (nSPS) is 12.1. The fourth-order valence-corrected chi connectivity index (χ4v) is 1.50. The van der Waals surface area contributed by atoms with Crippen molar-refractivity contribution in [2.45, 2.75) is 40.0 Å². The van der Waals surface area contributed by atoms with Crippen molar-refractivity contribution in [1.29, 1.82) is 0 Å². The molecule has 112 valence electrons. The summed E-state index contributed by atoms with van der Waals surface area (Å²) in [5.41, 5.74) is -0.888. The summed E-state index contributed by atoms with van der Waals surface area (Å²) in [5, 5.41) is 11.9. The minimum Gasteiger partial charge on any atom is -0.359 e. The van der Waals surface area contributed by atoms with Crippen molar-refractivity contribution in [3.63, 3.8) is 0 Å². The standard InChI is InChI=1S/C13H23N5O2/c1-12(2,3)10-16-8(17-18-10)9(19)15-7-13(4,5)11(20)14-6/h7H2,1-6H3,(H,14,20)(H,15,19)(H,16,17,18). The Balaban J connectivity index is 2.69. The van der Waals surface area contributed by atoms with Crippen molar-refractivity contribution in [1.82, 2.24) is 25.8 Å². The molecule has 0 aromatic carbocycles. The zero-order valence-corrected chi connectivity index (χ0v) is 12.9. The van der Waals surface area contributed by atoms with Crippen molar-refractivity contribution >= 4 is 11.8 Å². The van der Waals surface area contributed by atoms with Gasteiger partial charge < -0.3 is 10.6 Å². The van der Waals surface area contributed by atoms with Crippen molar-refractivity contribution in [2.75, 3.05) is 13.6 Å². The molecule has 0 atom stereocenters. The molecule has 20 heavy (non-hydrogen) atoms. The lowest BCUT2D eigenvalue weighted by atomic mass is 9.92. The molecule has 0 radical (unpaired) electrons. The first-order valence-corrected chi connectivity index (χ1v) is 6.51. The average molecular weight is 281 g/mol. The Hall–Kier alpha value is -1.92. The number of hydrogen-bond donors (Lipinski definition) is 3. The van der Waals surface area contributed by atoms with E-state index in [0.29, 0.717) is 5.82 Å². The monoisotopic (exact) mass is 281 g/mol. The number of carbonyl (C=O) groups excluding carboxylic acids is 2. The highest BCUT2D eigenvalue weighted by Gasteiger charge is 2.28. The molecule has 0 bridgehead atoms. The molecular weight excluding hydrogens is 258 g/mol. The number of rotatable bonds is 4. The fraction of sp³-hybridized carbons (Fsp3) is 0.692. The second-order valence-electron chi connectivity index (χ2n) is 6.40. The van der Waals surface area contributed by atoms with Gasteiger partial charge in [-0.15, -0.1) is 5.10 Å². The topological polar surface area (TPSA) is 99.8 Å². The molecule has 1 heterocycles. The predicted molar refractivity (Wildman–Crippen MR) is 75.3 cm³/mol. The number of H-pyrrole nitrogens is 1. The highest BCUT2D eigenvalue weighted by Crippen LogP contribution is 2.17. The summed E-state index contributed by atoms with van der Waals surface area (Å²) in [6, 6.07) is 0.